The van der Waals surface area contributed by atoms with Crippen molar-refractivity contribution in [2.45, 2.75) is 50.7 Å². The van der Waals surface area contributed by atoms with Crippen molar-refractivity contribution in [3.8, 4) is 0 Å². The van der Waals surface area contributed by atoms with Gasteiger partial charge in [-0.05, 0) is 24.8 Å². The number of carbonyl (C=O) groups excluding carboxylic acids is 1. The summed E-state index contributed by atoms with van der Waals surface area (Å²) in [6.45, 7) is 1.35. The van der Waals surface area contributed by atoms with Crippen molar-refractivity contribution in [3.63, 3.8) is 0 Å². The van der Waals surface area contributed by atoms with Crippen LogP contribution in [0.15, 0.2) is 34.9 Å². The van der Waals surface area contributed by atoms with Gasteiger partial charge in [-0.15, -0.1) is 0 Å². The van der Waals surface area contributed by atoms with Crippen molar-refractivity contribution >= 4 is 5.91 Å². The molecule has 2 atom stereocenters. The van der Waals surface area contributed by atoms with Crippen LogP contribution in [-0.2, 0) is 22.4 Å². The number of hydrogen-bond donors (Lipinski definition) is 0. The van der Waals surface area contributed by atoms with Crippen LogP contribution in [0.25, 0.3) is 0 Å². The molecule has 0 unspecified atom stereocenters. The largest absolute Gasteiger partial charge is 0.374 e. The summed E-state index contributed by atoms with van der Waals surface area (Å²) in [6, 6.07) is 10.3. The summed E-state index contributed by atoms with van der Waals surface area (Å²) in [4.78, 5) is 19.0. The third kappa shape index (κ3) is 3.74. The Kier molecular flexibility index (Phi) is 4.78. The average Bonchev–Trinajstić information content (AvgIpc) is 3.29. The van der Waals surface area contributed by atoms with Gasteiger partial charge in [0.1, 0.15) is 0 Å². The number of benzene rings is 1. The number of fused-ring (bicyclic) bond motifs is 1. The van der Waals surface area contributed by atoms with Gasteiger partial charge in [0.25, 0.3) is 0 Å². The van der Waals surface area contributed by atoms with Crippen molar-refractivity contribution in [3.05, 3.63) is 47.6 Å². The molecule has 1 aliphatic heterocycles. The number of rotatable bonds is 5. The van der Waals surface area contributed by atoms with Crippen LogP contribution in [0.3, 0.4) is 0 Å². The number of amides is 1. The molecule has 1 saturated heterocycles. The van der Waals surface area contributed by atoms with Crippen LogP contribution in [0.5, 0.6) is 0 Å². The van der Waals surface area contributed by atoms with Crippen LogP contribution in [-0.4, -0.2) is 46.2 Å². The summed E-state index contributed by atoms with van der Waals surface area (Å²) in [5.41, 5.74) is 1.14. The van der Waals surface area contributed by atoms with Crippen molar-refractivity contribution in [1.82, 2.24) is 15.0 Å². The molecule has 1 saturated carbocycles. The van der Waals surface area contributed by atoms with E-state index in [1.807, 2.05) is 35.2 Å². The Labute approximate surface area is 147 Å². The first-order chi connectivity index (χ1) is 12.3. The maximum Gasteiger partial charge on any atom is 0.227 e. The molecule has 6 nitrogen and oxygen atoms in total. The Bertz CT molecular complexity index is 716. The molecule has 2 aliphatic rings. The molecule has 1 aliphatic carbocycles. The Morgan fingerprint density at radius 2 is 2.12 bits per heavy atom. The highest BCUT2D eigenvalue weighted by atomic mass is 16.5. The number of ether oxygens (including phenoxy) is 1. The number of carbonyl (C=O) groups is 1. The fourth-order valence-corrected chi connectivity index (χ4v) is 3.83. The van der Waals surface area contributed by atoms with Gasteiger partial charge < -0.3 is 14.2 Å². The predicted octanol–water partition coefficient (Wildman–Crippen LogP) is 2.37. The fraction of sp³-hybridized carbons (Fsp3) is 0.526. The molecular weight excluding hydrogens is 318 g/mol. The van der Waals surface area contributed by atoms with E-state index in [-0.39, 0.29) is 18.1 Å². The SMILES string of the molecule is O=C(CCc1nc(Cc2ccccc2)no1)N1CCO[C@H]2CCC[C@@H]21. The summed E-state index contributed by atoms with van der Waals surface area (Å²) in [7, 11) is 0. The first-order valence-electron chi connectivity index (χ1n) is 9.06. The highest BCUT2D eigenvalue weighted by Gasteiger charge is 2.38. The van der Waals surface area contributed by atoms with Gasteiger partial charge in [0.05, 0.1) is 18.8 Å². The monoisotopic (exact) mass is 341 g/mol. The molecular formula is C19H23N3O3. The normalized spacial score (nSPS) is 22.8. The third-order valence-corrected chi connectivity index (χ3v) is 5.07. The van der Waals surface area contributed by atoms with Gasteiger partial charge >= 0.3 is 0 Å². The highest BCUT2D eigenvalue weighted by molar-refractivity contribution is 5.77. The maximum atomic E-state index is 12.6. The van der Waals surface area contributed by atoms with Crippen LogP contribution in [0.4, 0.5) is 0 Å². The van der Waals surface area contributed by atoms with E-state index < -0.39 is 0 Å². The molecule has 25 heavy (non-hydrogen) atoms. The topological polar surface area (TPSA) is 68.5 Å². The number of aryl methyl sites for hydroxylation is 1. The lowest BCUT2D eigenvalue weighted by Crippen LogP contribution is -2.51. The lowest BCUT2D eigenvalue weighted by Gasteiger charge is -2.37. The van der Waals surface area contributed by atoms with Crippen molar-refractivity contribution in [2.75, 3.05) is 13.2 Å². The van der Waals surface area contributed by atoms with Gasteiger partial charge in [-0.25, -0.2) is 0 Å². The van der Waals surface area contributed by atoms with Crippen LogP contribution in [0, 0.1) is 0 Å². The summed E-state index contributed by atoms with van der Waals surface area (Å²) in [5, 5.41) is 4.02. The van der Waals surface area contributed by atoms with E-state index in [4.69, 9.17) is 9.26 Å². The third-order valence-electron chi connectivity index (χ3n) is 5.07. The quantitative estimate of drug-likeness (QED) is 0.835. The second-order valence-electron chi connectivity index (χ2n) is 6.76. The molecule has 0 radical (unpaired) electrons. The number of hydrogen-bond acceptors (Lipinski definition) is 5. The Hall–Kier alpha value is -2.21. The van der Waals surface area contributed by atoms with Gasteiger partial charge in [0, 0.05) is 25.8 Å². The highest BCUT2D eigenvalue weighted by Crippen LogP contribution is 2.30. The number of morpholine rings is 1. The molecule has 2 aromatic rings. The van der Waals surface area contributed by atoms with Crippen molar-refractivity contribution in [2.24, 2.45) is 0 Å². The van der Waals surface area contributed by atoms with Gasteiger partial charge in [-0.1, -0.05) is 35.5 Å². The number of nitrogens with zero attached hydrogens (tertiary/aromatic N) is 3. The molecule has 2 fully saturated rings. The first kappa shape index (κ1) is 16.3. The van der Waals surface area contributed by atoms with E-state index in [1.165, 1.54) is 0 Å². The summed E-state index contributed by atoms with van der Waals surface area (Å²) >= 11 is 0. The van der Waals surface area contributed by atoms with Crippen LogP contribution in [0.1, 0.15) is 43.0 Å². The Morgan fingerprint density at radius 1 is 1.24 bits per heavy atom. The molecule has 6 heteroatoms. The summed E-state index contributed by atoms with van der Waals surface area (Å²) < 4.78 is 11.1. The average molecular weight is 341 g/mol. The van der Waals surface area contributed by atoms with E-state index in [0.717, 1.165) is 24.8 Å². The molecule has 0 N–H and O–H groups in total. The zero-order chi connectivity index (χ0) is 17.1. The van der Waals surface area contributed by atoms with Gasteiger partial charge in [0.15, 0.2) is 5.82 Å². The first-order valence-corrected chi connectivity index (χ1v) is 9.06. The fourth-order valence-electron chi connectivity index (χ4n) is 3.83. The van der Waals surface area contributed by atoms with E-state index in [1.54, 1.807) is 0 Å². The minimum atomic E-state index is 0.169. The molecule has 1 aromatic heterocycles. The minimum Gasteiger partial charge on any atom is -0.374 e. The Morgan fingerprint density at radius 3 is 3.00 bits per heavy atom. The van der Waals surface area contributed by atoms with Gasteiger partial charge in [-0.3, -0.25) is 4.79 Å². The van der Waals surface area contributed by atoms with Crippen LogP contribution < -0.4 is 0 Å². The van der Waals surface area contributed by atoms with Gasteiger partial charge in [-0.2, -0.15) is 4.98 Å². The molecule has 4 rings (SSSR count). The lowest BCUT2D eigenvalue weighted by molar-refractivity contribution is -0.144. The molecule has 1 aromatic carbocycles. The smallest absolute Gasteiger partial charge is 0.227 e. The standard InChI is InChI=1S/C19H23N3O3/c23-19(22-11-12-24-16-8-4-7-15(16)22)10-9-18-20-17(21-25-18)13-14-5-2-1-3-6-14/h1-3,5-6,15-16H,4,7-13H2/t15-,16-/m0/s1. The molecule has 132 valence electrons. The van der Waals surface area contributed by atoms with E-state index in [9.17, 15) is 4.79 Å². The summed E-state index contributed by atoms with van der Waals surface area (Å²) in [6.07, 6.45) is 5.06. The second-order valence-corrected chi connectivity index (χ2v) is 6.76. The van der Waals surface area contributed by atoms with Crippen molar-refractivity contribution < 1.29 is 14.1 Å². The van der Waals surface area contributed by atoms with E-state index in [2.05, 4.69) is 10.1 Å². The van der Waals surface area contributed by atoms with Crippen molar-refractivity contribution in [1.29, 1.82) is 0 Å². The molecule has 0 bridgehead atoms. The maximum absolute atomic E-state index is 12.6. The van der Waals surface area contributed by atoms with Crippen LogP contribution >= 0.6 is 0 Å². The molecule has 2 heterocycles. The van der Waals surface area contributed by atoms with E-state index >= 15 is 0 Å². The predicted molar refractivity (Wildman–Crippen MR) is 91.0 cm³/mol. The zero-order valence-electron chi connectivity index (χ0n) is 14.3. The minimum absolute atomic E-state index is 0.169. The Balaban J connectivity index is 1.31. The van der Waals surface area contributed by atoms with Crippen LogP contribution in [0.2, 0.25) is 0 Å². The summed E-state index contributed by atoms with van der Waals surface area (Å²) in [5.74, 6) is 1.37. The molecule has 1 amide bonds. The second kappa shape index (κ2) is 7.35. The number of aromatic nitrogens is 2. The lowest BCUT2D eigenvalue weighted by atomic mass is 10.1. The van der Waals surface area contributed by atoms with E-state index in [0.29, 0.717) is 44.1 Å². The molecule has 0 spiro atoms. The van der Waals surface area contributed by atoms with Gasteiger partial charge in [0.2, 0.25) is 11.8 Å². The zero-order valence-corrected chi connectivity index (χ0v) is 14.3.